The monoisotopic (exact) mass is 238 g/mol. The quantitative estimate of drug-likeness (QED) is 0.802. The number of methoxy groups -OCH3 is 1. The van der Waals surface area contributed by atoms with Gasteiger partial charge in [0, 0.05) is 7.11 Å². The number of ketones is 1. The molecule has 1 saturated carbocycles. The molecule has 17 heavy (non-hydrogen) atoms. The van der Waals surface area contributed by atoms with Gasteiger partial charge < -0.3 is 9.26 Å². The van der Waals surface area contributed by atoms with E-state index in [2.05, 4.69) is 10.1 Å². The maximum Gasteiger partial charge on any atom is 0.234 e. The van der Waals surface area contributed by atoms with Crippen LogP contribution in [0.2, 0.25) is 0 Å². The van der Waals surface area contributed by atoms with Crippen LogP contribution in [-0.2, 0) is 21.6 Å². The molecular formula is C12H18N2O3. The van der Waals surface area contributed by atoms with Gasteiger partial charge in [-0.05, 0) is 19.8 Å². The van der Waals surface area contributed by atoms with Crippen molar-refractivity contribution in [3.05, 3.63) is 11.7 Å². The van der Waals surface area contributed by atoms with Gasteiger partial charge in [0.05, 0.1) is 6.42 Å². The van der Waals surface area contributed by atoms with Crippen molar-refractivity contribution in [2.45, 2.75) is 51.0 Å². The molecule has 2 rings (SSSR count). The topological polar surface area (TPSA) is 65.2 Å². The van der Waals surface area contributed by atoms with Crippen molar-refractivity contribution in [3.8, 4) is 0 Å². The predicted octanol–water partition coefficient (Wildman–Crippen LogP) is 2.01. The third kappa shape index (κ3) is 2.54. The molecule has 1 aliphatic rings. The van der Waals surface area contributed by atoms with Gasteiger partial charge in [-0.1, -0.05) is 24.4 Å². The lowest BCUT2D eigenvalue weighted by Gasteiger charge is -2.32. The van der Waals surface area contributed by atoms with E-state index in [0.29, 0.717) is 11.7 Å². The van der Waals surface area contributed by atoms with Crippen LogP contribution in [0.5, 0.6) is 0 Å². The van der Waals surface area contributed by atoms with E-state index in [4.69, 9.17) is 9.26 Å². The Kier molecular flexibility index (Phi) is 3.57. The number of Topliss-reactive ketones (excluding diaryl/α,β-unsaturated/α-hetero) is 1. The Bertz CT molecular complexity index is 394. The fourth-order valence-electron chi connectivity index (χ4n) is 2.37. The van der Waals surface area contributed by atoms with Crippen molar-refractivity contribution in [2.24, 2.45) is 0 Å². The highest BCUT2D eigenvalue weighted by molar-refractivity contribution is 5.77. The molecule has 0 unspecified atom stereocenters. The van der Waals surface area contributed by atoms with Crippen molar-refractivity contribution in [1.82, 2.24) is 10.1 Å². The second-order valence-corrected chi connectivity index (χ2v) is 4.65. The Morgan fingerprint density at radius 2 is 2.12 bits per heavy atom. The minimum absolute atomic E-state index is 0.0234. The highest BCUT2D eigenvalue weighted by Gasteiger charge is 2.38. The fraction of sp³-hybridized carbons (Fsp3) is 0.750. The second kappa shape index (κ2) is 4.96. The number of aromatic nitrogens is 2. The maximum absolute atomic E-state index is 11.0. The van der Waals surface area contributed by atoms with Crippen LogP contribution < -0.4 is 0 Å². The molecule has 0 saturated heterocycles. The second-order valence-electron chi connectivity index (χ2n) is 4.65. The summed E-state index contributed by atoms with van der Waals surface area (Å²) in [5.74, 6) is 1.00. The minimum atomic E-state index is -0.406. The number of ether oxygens (including phenoxy) is 1. The van der Waals surface area contributed by atoms with Crippen molar-refractivity contribution in [3.63, 3.8) is 0 Å². The summed E-state index contributed by atoms with van der Waals surface area (Å²) in [5.41, 5.74) is -0.406. The lowest BCUT2D eigenvalue weighted by atomic mass is 9.84. The molecule has 0 spiro atoms. The maximum atomic E-state index is 11.0. The summed E-state index contributed by atoms with van der Waals surface area (Å²) >= 11 is 0. The van der Waals surface area contributed by atoms with E-state index in [9.17, 15) is 4.79 Å². The first kappa shape index (κ1) is 12.2. The molecule has 1 fully saturated rings. The molecule has 94 valence electrons. The van der Waals surface area contributed by atoms with Crippen LogP contribution in [0.15, 0.2) is 4.52 Å². The van der Waals surface area contributed by atoms with Gasteiger partial charge >= 0.3 is 0 Å². The van der Waals surface area contributed by atoms with Crippen LogP contribution in [0, 0.1) is 0 Å². The van der Waals surface area contributed by atoms with Crippen molar-refractivity contribution in [2.75, 3.05) is 7.11 Å². The van der Waals surface area contributed by atoms with Crippen LogP contribution in [0.1, 0.15) is 50.7 Å². The average Bonchev–Trinajstić information content (AvgIpc) is 2.78. The zero-order chi connectivity index (χ0) is 12.3. The van der Waals surface area contributed by atoms with Crippen LogP contribution >= 0.6 is 0 Å². The summed E-state index contributed by atoms with van der Waals surface area (Å²) in [6, 6.07) is 0. The van der Waals surface area contributed by atoms with Gasteiger partial charge in [0.1, 0.15) is 11.4 Å². The van der Waals surface area contributed by atoms with Gasteiger partial charge in [0.25, 0.3) is 0 Å². The molecule has 0 bridgehead atoms. The Morgan fingerprint density at radius 1 is 1.41 bits per heavy atom. The molecule has 1 aromatic heterocycles. The van der Waals surface area contributed by atoms with Gasteiger partial charge in [0.15, 0.2) is 0 Å². The van der Waals surface area contributed by atoms with Crippen molar-refractivity contribution < 1.29 is 14.1 Å². The summed E-state index contributed by atoms with van der Waals surface area (Å²) in [4.78, 5) is 15.3. The fourth-order valence-corrected chi connectivity index (χ4v) is 2.37. The van der Waals surface area contributed by atoms with E-state index < -0.39 is 5.60 Å². The molecule has 1 aromatic rings. The summed E-state index contributed by atoms with van der Waals surface area (Å²) in [6.45, 7) is 1.51. The smallest absolute Gasteiger partial charge is 0.234 e. The molecule has 0 amide bonds. The Morgan fingerprint density at radius 3 is 2.71 bits per heavy atom. The minimum Gasteiger partial charge on any atom is -0.370 e. The molecule has 5 nitrogen and oxygen atoms in total. The first-order valence-electron chi connectivity index (χ1n) is 6.04. The van der Waals surface area contributed by atoms with Gasteiger partial charge in [-0.15, -0.1) is 0 Å². The highest BCUT2D eigenvalue weighted by atomic mass is 16.5. The number of carbonyl (C=O) groups is 1. The molecule has 5 heteroatoms. The Hall–Kier alpha value is -1.23. The lowest BCUT2D eigenvalue weighted by molar-refractivity contribution is -0.116. The number of hydrogen-bond donors (Lipinski definition) is 0. The molecule has 0 radical (unpaired) electrons. The van der Waals surface area contributed by atoms with Gasteiger partial charge in [-0.2, -0.15) is 4.98 Å². The molecule has 0 aliphatic heterocycles. The van der Waals surface area contributed by atoms with Gasteiger partial charge in [-0.25, -0.2) is 0 Å². The largest absolute Gasteiger partial charge is 0.370 e. The van der Waals surface area contributed by atoms with Crippen molar-refractivity contribution in [1.29, 1.82) is 0 Å². The number of nitrogens with zero attached hydrogens (tertiary/aromatic N) is 2. The van der Waals surface area contributed by atoms with E-state index >= 15 is 0 Å². The molecule has 0 N–H and O–H groups in total. The number of rotatable bonds is 4. The molecule has 1 aliphatic carbocycles. The average molecular weight is 238 g/mol. The summed E-state index contributed by atoms with van der Waals surface area (Å²) in [7, 11) is 1.69. The first-order chi connectivity index (χ1) is 8.16. The Balaban J connectivity index is 2.19. The summed E-state index contributed by atoms with van der Waals surface area (Å²) in [5, 5.41) is 3.97. The summed E-state index contributed by atoms with van der Waals surface area (Å²) in [6.07, 6.45) is 5.50. The van der Waals surface area contributed by atoms with Crippen LogP contribution in [0.25, 0.3) is 0 Å². The van der Waals surface area contributed by atoms with E-state index in [0.717, 1.165) is 25.7 Å². The van der Waals surface area contributed by atoms with Gasteiger partial charge in [0.2, 0.25) is 11.7 Å². The zero-order valence-corrected chi connectivity index (χ0v) is 10.4. The zero-order valence-electron chi connectivity index (χ0n) is 10.4. The van der Waals surface area contributed by atoms with E-state index in [-0.39, 0.29) is 12.2 Å². The molecular weight excluding hydrogens is 220 g/mol. The van der Waals surface area contributed by atoms with Crippen molar-refractivity contribution >= 4 is 5.78 Å². The normalized spacial score (nSPS) is 19.2. The van der Waals surface area contributed by atoms with Crippen LogP contribution in [-0.4, -0.2) is 23.0 Å². The first-order valence-corrected chi connectivity index (χ1v) is 6.04. The summed E-state index contributed by atoms with van der Waals surface area (Å²) < 4.78 is 10.7. The molecule has 1 heterocycles. The SMILES string of the molecule is COC1(c2noc(CC(C)=O)n2)CCCCC1. The standard InChI is InChI=1S/C12H18N2O3/c1-9(15)8-10-13-11(14-17-10)12(16-2)6-4-3-5-7-12/h3-8H2,1-2H3. The van der Waals surface area contributed by atoms with Gasteiger partial charge in [-0.3, -0.25) is 4.79 Å². The highest BCUT2D eigenvalue weighted by Crippen LogP contribution is 2.38. The Labute approximate surface area is 101 Å². The molecule has 0 aromatic carbocycles. The number of hydrogen-bond acceptors (Lipinski definition) is 5. The van der Waals surface area contributed by atoms with E-state index in [1.807, 2.05) is 0 Å². The van der Waals surface area contributed by atoms with E-state index in [1.165, 1.54) is 13.3 Å². The third-order valence-electron chi connectivity index (χ3n) is 3.33. The third-order valence-corrected chi connectivity index (χ3v) is 3.33. The van der Waals surface area contributed by atoms with Crippen LogP contribution in [0.4, 0.5) is 0 Å². The predicted molar refractivity (Wildman–Crippen MR) is 60.5 cm³/mol. The van der Waals surface area contributed by atoms with Crippen LogP contribution in [0.3, 0.4) is 0 Å². The lowest BCUT2D eigenvalue weighted by Crippen LogP contribution is -2.32. The molecule has 0 atom stereocenters. The number of carbonyl (C=O) groups excluding carboxylic acids is 1. The van der Waals surface area contributed by atoms with E-state index in [1.54, 1.807) is 7.11 Å².